The number of halogens is 1. The molecule has 0 unspecified atom stereocenters. The first-order valence-corrected chi connectivity index (χ1v) is 9.03. The maximum atomic E-state index is 12.4. The average Bonchev–Trinajstić information content (AvgIpc) is 3.14. The van der Waals surface area contributed by atoms with Crippen molar-refractivity contribution in [3.63, 3.8) is 0 Å². The predicted molar refractivity (Wildman–Crippen MR) is 97.6 cm³/mol. The van der Waals surface area contributed by atoms with Crippen LogP contribution in [0.25, 0.3) is 20.3 Å². The number of amides is 1. The fourth-order valence-electron chi connectivity index (χ4n) is 2.39. The Morgan fingerprint density at radius 1 is 1.04 bits per heavy atom. The molecule has 2 aromatic heterocycles. The highest BCUT2D eigenvalue weighted by Crippen LogP contribution is 2.35. The van der Waals surface area contributed by atoms with Crippen LogP contribution in [0, 0.1) is 0 Å². The molecule has 2 aromatic carbocycles. The minimum Gasteiger partial charge on any atom is -0.345 e. The van der Waals surface area contributed by atoms with Gasteiger partial charge in [0.25, 0.3) is 5.91 Å². The summed E-state index contributed by atoms with van der Waals surface area (Å²) >= 11 is 9.33. The van der Waals surface area contributed by atoms with E-state index in [4.69, 9.17) is 11.6 Å². The normalized spacial score (nSPS) is 11.2. The van der Waals surface area contributed by atoms with E-state index in [2.05, 4.69) is 10.3 Å². The highest BCUT2D eigenvalue weighted by molar-refractivity contribution is 7.21. The second-order valence-corrected chi connectivity index (χ2v) is 7.54. The van der Waals surface area contributed by atoms with Gasteiger partial charge in [-0.15, -0.1) is 22.7 Å². The maximum Gasteiger partial charge on any atom is 0.263 e. The number of thiazole rings is 1. The second-order valence-electron chi connectivity index (χ2n) is 5.00. The maximum absolute atomic E-state index is 12.4. The third-order valence-corrected chi connectivity index (χ3v) is 6.19. The van der Waals surface area contributed by atoms with Crippen molar-refractivity contribution in [2.75, 3.05) is 0 Å². The number of nitrogens with zero attached hydrogens (tertiary/aromatic N) is 1. The molecule has 4 rings (SSSR count). The van der Waals surface area contributed by atoms with Crippen LogP contribution in [0.1, 0.15) is 14.7 Å². The lowest BCUT2D eigenvalue weighted by Gasteiger charge is -2.01. The average molecular weight is 359 g/mol. The lowest BCUT2D eigenvalue weighted by molar-refractivity contribution is 0.0955. The minimum atomic E-state index is -0.157. The van der Waals surface area contributed by atoms with Crippen LogP contribution in [0.4, 0.5) is 0 Å². The number of para-hydroxylation sites is 1. The first kappa shape index (κ1) is 14.6. The standard InChI is InChI=1S/C17H11ClN2OS2/c18-15-10-5-1-3-7-12(10)23-16(15)17(21)19-9-14-20-11-6-2-4-8-13(11)22-14/h1-8H,9H2,(H,19,21). The molecule has 0 fully saturated rings. The fourth-order valence-corrected chi connectivity index (χ4v) is 4.73. The minimum absolute atomic E-state index is 0.157. The summed E-state index contributed by atoms with van der Waals surface area (Å²) in [5, 5.41) is 5.24. The molecule has 0 atom stereocenters. The van der Waals surface area contributed by atoms with Crippen molar-refractivity contribution in [3.8, 4) is 0 Å². The Morgan fingerprint density at radius 3 is 2.57 bits per heavy atom. The molecule has 0 bridgehead atoms. The van der Waals surface area contributed by atoms with Crippen molar-refractivity contribution in [2.45, 2.75) is 6.54 Å². The molecular weight excluding hydrogens is 348 g/mol. The number of carbonyl (C=O) groups is 1. The Hall–Kier alpha value is -1.95. The highest BCUT2D eigenvalue weighted by Gasteiger charge is 2.17. The van der Waals surface area contributed by atoms with Crippen LogP contribution in [0.15, 0.2) is 48.5 Å². The number of nitrogens with one attached hydrogen (secondary N) is 1. The summed E-state index contributed by atoms with van der Waals surface area (Å²) in [7, 11) is 0. The smallest absolute Gasteiger partial charge is 0.263 e. The Bertz CT molecular complexity index is 989. The highest BCUT2D eigenvalue weighted by atomic mass is 35.5. The van der Waals surface area contributed by atoms with E-state index in [1.54, 1.807) is 11.3 Å². The molecular formula is C17H11ClN2OS2. The Labute approximate surface area is 145 Å². The zero-order chi connectivity index (χ0) is 15.8. The third-order valence-electron chi connectivity index (χ3n) is 3.48. The van der Waals surface area contributed by atoms with Gasteiger partial charge in [-0.2, -0.15) is 0 Å². The molecule has 0 aliphatic rings. The van der Waals surface area contributed by atoms with E-state index in [0.717, 1.165) is 25.3 Å². The van der Waals surface area contributed by atoms with Crippen molar-refractivity contribution >= 4 is 60.5 Å². The number of carbonyl (C=O) groups excluding carboxylic acids is 1. The van der Waals surface area contributed by atoms with Crippen molar-refractivity contribution < 1.29 is 4.79 Å². The van der Waals surface area contributed by atoms with Gasteiger partial charge in [0.05, 0.1) is 21.8 Å². The van der Waals surface area contributed by atoms with E-state index in [9.17, 15) is 4.79 Å². The van der Waals surface area contributed by atoms with Gasteiger partial charge in [0.2, 0.25) is 0 Å². The zero-order valence-corrected chi connectivity index (χ0v) is 14.3. The van der Waals surface area contributed by atoms with Crippen LogP contribution >= 0.6 is 34.3 Å². The first-order chi connectivity index (χ1) is 11.2. The molecule has 4 aromatic rings. The summed E-state index contributed by atoms with van der Waals surface area (Å²) < 4.78 is 2.14. The van der Waals surface area contributed by atoms with Crippen LogP contribution in [-0.4, -0.2) is 10.9 Å². The van der Waals surface area contributed by atoms with E-state index in [1.165, 1.54) is 11.3 Å². The second kappa shape index (κ2) is 5.92. The van der Waals surface area contributed by atoms with Gasteiger partial charge in [0.15, 0.2) is 0 Å². The van der Waals surface area contributed by atoms with E-state index in [-0.39, 0.29) is 5.91 Å². The molecule has 3 nitrogen and oxygen atoms in total. The van der Waals surface area contributed by atoms with Crippen LogP contribution in [0.2, 0.25) is 5.02 Å². The SMILES string of the molecule is O=C(NCc1nc2ccccc2s1)c1sc2ccccc2c1Cl. The molecule has 1 N–H and O–H groups in total. The predicted octanol–water partition coefficient (Wildman–Crippen LogP) is 5.09. The molecule has 0 aliphatic heterocycles. The van der Waals surface area contributed by atoms with E-state index >= 15 is 0 Å². The van der Waals surface area contributed by atoms with Crippen LogP contribution in [0.5, 0.6) is 0 Å². The molecule has 0 spiro atoms. The summed E-state index contributed by atoms with van der Waals surface area (Å²) in [5.74, 6) is -0.157. The largest absolute Gasteiger partial charge is 0.345 e. The molecule has 0 radical (unpaired) electrons. The molecule has 0 saturated carbocycles. The molecule has 0 aliphatic carbocycles. The Balaban J connectivity index is 1.56. The number of rotatable bonds is 3. The van der Waals surface area contributed by atoms with Gasteiger partial charge in [-0.3, -0.25) is 4.79 Å². The van der Waals surface area contributed by atoms with Crippen molar-refractivity contribution in [2.24, 2.45) is 0 Å². The topological polar surface area (TPSA) is 42.0 Å². The number of benzene rings is 2. The molecule has 1 amide bonds. The van der Waals surface area contributed by atoms with Crippen LogP contribution in [0.3, 0.4) is 0 Å². The summed E-state index contributed by atoms with van der Waals surface area (Å²) in [6.07, 6.45) is 0. The molecule has 2 heterocycles. The third kappa shape index (κ3) is 2.72. The van der Waals surface area contributed by atoms with E-state index < -0.39 is 0 Å². The molecule has 6 heteroatoms. The Kier molecular flexibility index (Phi) is 3.77. The summed E-state index contributed by atoms with van der Waals surface area (Å²) in [5.41, 5.74) is 0.960. The van der Waals surface area contributed by atoms with Crippen molar-refractivity contribution in [1.29, 1.82) is 0 Å². The van der Waals surface area contributed by atoms with Crippen LogP contribution < -0.4 is 5.32 Å². The van der Waals surface area contributed by atoms with Gasteiger partial charge in [-0.1, -0.05) is 41.9 Å². The quantitative estimate of drug-likeness (QED) is 0.554. The van der Waals surface area contributed by atoms with E-state index in [0.29, 0.717) is 16.4 Å². The van der Waals surface area contributed by atoms with Crippen LogP contribution in [-0.2, 0) is 6.54 Å². The van der Waals surface area contributed by atoms with Crippen molar-refractivity contribution in [1.82, 2.24) is 10.3 Å². The number of aromatic nitrogens is 1. The van der Waals surface area contributed by atoms with Gasteiger partial charge in [-0.05, 0) is 18.2 Å². The molecule has 23 heavy (non-hydrogen) atoms. The number of hydrogen-bond donors (Lipinski definition) is 1. The number of hydrogen-bond acceptors (Lipinski definition) is 4. The zero-order valence-electron chi connectivity index (χ0n) is 11.9. The van der Waals surface area contributed by atoms with Gasteiger partial charge < -0.3 is 5.32 Å². The van der Waals surface area contributed by atoms with Gasteiger partial charge in [0, 0.05) is 10.1 Å². The summed E-state index contributed by atoms with van der Waals surface area (Å²) in [6.45, 7) is 0.406. The lowest BCUT2D eigenvalue weighted by Crippen LogP contribution is -2.21. The van der Waals surface area contributed by atoms with Gasteiger partial charge >= 0.3 is 0 Å². The van der Waals surface area contributed by atoms with Crippen molar-refractivity contribution in [3.05, 3.63) is 63.4 Å². The summed E-state index contributed by atoms with van der Waals surface area (Å²) in [4.78, 5) is 17.5. The van der Waals surface area contributed by atoms with Gasteiger partial charge in [-0.25, -0.2) is 4.98 Å². The molecule has 114 valence electrons. The monoisotopic (exact) mass is 358 g/mol. The fraction of sp³-hybridized carbons (Fsp3) is 0.0588. The number of thiophene rings is 1. The summed E-state index contributed by atoms with van der Waals surface area (Å²) in [6, 6.07) is 15.7. The van der Waals surface area contributed by atoms with Gasteiger partial charge in [0.1, 0.15) is 9.88 Å². The number of fused-ring (bicyclic) bond motifs is 2. The first-order valence-electron chi connectivity index (χ1n) is 7.02. The van der Waals surface area contributed by atoms with E-state index in [1.807, 2.05) is 48.5 Å². The lowest BCUT2D eigenvalue weighted by atomic mass is 10.2. The molecule has 0 saturated heterocycles. The Morgan fingerprint density at radius 2 is 1.78 bits per heavy atom.